The van der Waals surface area contributed by atoms with Gasteiger partial charge in [-0.25, -0.2) is 0 Å². The van der Waals surface area contributed by atoms with Crippen molar-refractivity contribution in [1.29, 1.82) is 0 Å². The molecule has 0 saturated carbocycles. The number of thioether (sulfide) groups is 1. The van der Waals surface area contributed by atoms with Gasteiger partial charge in [-0.05, 0) is 88.5 Å². The Labute approximate surface area is 158 Å². The third kappa shape index (κ3) is 5.86. The van der Waals surface area contributed by atoms with Crippen LogP contribution < -0.4 is 5.32 Å². The Morgan fingerprint density at radius 3 is 2.56 bits per heavy atom. The average molecular weight is 368 g/mol. The Balaban J connectivity index is 1.28. The summed E-state index contributed by atoms with van der Waals surface area (Å²) in [5.74, 6) is 3.73. The lowest BCUT2D eigenvalue weighted by Crippen LogP contribution is -2.43. The van der Waals surface area contributed by atoms with Gasteiger partial charge < -0.3 is 10.2 Å². The Morgan fingerprint density at radius 2 is 1.84 bits per heavy atom. The molecule has 0 aromatic rings. The molecule has 0 aliphatic carbocycles. The highest BCUT2D eigenvalue weighted by Crippen LogP contribution is 2.28. The number of nitrogens with one attached hydrogen (secondary N) is 1. The van der Waals surface area contributed by atoms with E-state index in [1.165, 1.54) is 69.7 Å². The van der Waals surface area contributed by atoms with Gasteiger partial charge in [0.15, 0.2) is 0 Å². The molecule has 0 aromatic heterocycles. The quantitative estimate of drug-likeness (QED) is 0.750. The second kappa shape index (κ2) is 10.2. The number of amides is 1. The van der Waals surface area contributed by atoms with Crippen molar-refractivity contribution in [2.24, 2.45) is 5.92 Å². The van der Waals surface area contributed by atoms with Crippen LogP contribution in [0.2, 0.25) is 0 Å². The molecule has 0 aromatic carbocycles. The van der Waals surface area contributed by atoms with E-state index in [2.05, 4.69) is 33.8 Å². The van der Waals surface area contributed by atoms with E-state index >= 15 is 0 Å². The van der Waals surface area contributed by atoms with E-state index in [9.17, 15) is 4.79 Å². The fourth-order valence-corrected chi connectivity index (χ4v) is 5.94. The topological polar surface area (TPSA) is 35.6 Å². The van der Waals surface area contributed by atoms with E-state index in [-0.39, 0.29) is 5.91 Å². The molecule has 5 heteroatoms. The molecule has 0 bridgehead atoms. The highest BCUT2D eigenvalue weighted by Gasteiger charge is 2.27. The Kier molecular flexibility index (Phi) is 7.93. The van der Waals surface area contributed by atoms with Crippen molar-refractivity contribution >= 4 is 17.7 Å². The Morgan fingerprint density at radius 1 is 1.08 bits per heavy atom. The van der Waals surface area contributed by atoms with Crippen molar-refractivity contribution < 1.29 is 4.79 Å². The maximum atomic E-state index is 12.2. The van der Waals surface area contributed by atoms with Gasteiger partial charge in [-0.2, -0.15) is 11.8 Å². The van der Waals surface area contributed by atoms with Gasteiger partial charge in [0.25, 0.3) is 0 Å². The van der Waals surface area contributed by atoms with Crippen LogP contribution in [0.15, 0.2) is 0 Å². The molecule has 4 nitrogen and oxygen atoms in total. The first-order valence-electron chi connectivity index (χ1n) is 10.6. The number of rotatable bonds is 7. The van der Waals surface area contributed by atoms with E-state index in [1.807, 2.05) is 0 Å². The molecule has 0 spiro atoms. The summed E-state index contributed by atoms with van der Waals surface area (Å²) in [6.45, 7) is 7.90. The van der Waals surface area contributed by atoms with Crippen molar-refractivity contribution in [1.82, 2.24) is 15.1 Å². The summed E-state index contributed by atoms with van der Waals surface area (Å²) in [4.78, 5) is 17.4. The minimum absolute atomic E-state index is 0.273. The standard InChI is InChI=1S/C20H37N3OS/c1-2-22-11-3-4-19(22)16-21-20(24)6-5-17-7-12-23(13-8-17)18-9-14-25-15-10-18/h17-19H,2-16H2,1H3,(H,21,24)/t19-/m0/s1. The molecule has 3 aliphatic heterocycles. The third-order valence-electron chi connectivity index (χ3n) is 6.58. The van der Waals surface area contributed by atoms with Crippen LogP contribution >= 0.6 is 11.8 Å². The molecule has 3 saturated heterocycles. The van der Waals surface area contributed by atoms with Gasteiger partial charge in [0.05, 0.1) is 0 Å². The lowest BCUT2D eigenvalue weighted by molar-refractivity contribution is -0.121. The summed E-state index contributed by atoms with van der Waals surface area (Å²) in [5, 5.41) is 3.20. The summed E-state index contributed by atoms with van der Waals surface area (Å²) >= 11 is 2.12. The van der Waals surface area contributed by atoms with Crippen LogP contribution in [-0.4, -0.2) is 72.0 Å². The van der Waals surface area contributed by atoms with E-state index in [0.29, 0.717) is 6.04 Å². The van der Waals surface area contributed by atoms with Crippen LogP contribution in [-0.2, 0) is 4.79 Å². The molecule has 25 heavy (non-hydrogen) atoms. The minimum Gasteiger partial charge on any atom is -0.355 e. The van der Waals surface area contributed by atoms with Crippen LogP contribution in [0.3, 0.4) is 0 Å². The van der Waals surface area contributed by atoms with Crippen LogP contribution in [0, 0.1) is 5.92 Å². The van der Waals surface area contributed by atoms with Crippen molar-refractivity contribution in [3.63, 3.8) is 0 Å². The number of piperidine rings is 1. The zero-order valence-electron chi connectivity index (χ0n) is 16.0. The molecule has 1 N–H and O–H groups in total. The first kappa shape index (κ1) is 19.5. The van der Waals surface area contributed by atoms with E-state index in [0.717, 1.165) is 37.9 Å². The van der Waals surface area contributed by atoms with Crippen molar-refractivity contribution in [2.75, 3.05) is 44.2 Å². The first-order chi connectivity index (χ1) is 12.3. The second-order valence-electron chi connectivity index (χ2n) is 8.09. The molecule has 3 heterocycles. The largest absolute Gasteiger partial charge is 0.355 e. The Bertz CT molecular complexity index is 406. The third-order valence-corrected chi connectivity index (χ3v) is 7.62. The fraction of sp³-hybridized carbons (Fsp3) is 0.950. The smallest absolute Gasteiger partial charge is 0.220 e. The molecule has 3 fully saturated rings. The highest BCUT2D eigenvalue weighted by atomic mass is 32.2. The molecule has 3 aliphatic rings. The molecule has 0 radical (unpaired) electrons. The number of hydrogen-bond acceptors (Lipinski definition) is 4. The normalized spacial score (nSPS) is 27.6. The highest BCUT2D eigenvalue weighted by molar-refractivity contribution is 7.99. The van der Waals surface area contributed by atoms with Gasteiger partial charge in [-0.3, -0.25) is 9.69 Å². The summed E-state index contributed by atoms with van der Waals surface area (Å²) in [5.41, 5.74) is 0. The number of nitrogens with zero attached hydrogens (tertiary/aromatic N) is 2. The molecular weight excluding hydrogens is 330 g/mol. The van der Waals surface area contributed by atoms with Gasteiger partial charge in [-0.15, -0.1) is 0 Å². The fourth-order valence-electron chi connectivity index (χ4n) is 4.85. The summed E-state index contributed by atoms with van der Waals surface area (Å²) in [6.07, 6.45) is 9.69. The molecule has 144 valence electrons. The van der Waals surface area contributed by atoms with E-state index < -0.39 is 0 Å². The molecule has 0 unspecified atom stereocenters. The van der Waals surface area contributed by atoms with Crippen LogP contribution in [0.5, 0.6) is 0 Å². The predicted molar refractivity (Wildman–Crippen MR) is 107 cm³/mol. The SMILES string of the molecule is CCN1CCC[C@H]1CNC(=O)CCC1CCN(C2CCSCC2)CC1. The number of hydrogen-bond donors (Lipinski definition) is 1. The minimum atomic E-state index is 0.273. The van der Waals surface area contributed by atoms with E-state index in [4.69, 9.17) is 0 Å². The lowest BCUT2D eigenvalue weighted by atomic mass is 9.90. The summed E-state index contributed by atoms with van der Waals surface area (Å²) in [7, 11) is 0. The number of carbonyl (C=O) groups is 1. The molecule has 3 rings (SSSR count). The van der Waals surface area contributed by atoms with Crippen LogP contribution in [0.25, 0.3) is 0 Å². The first-order valence-corrected chi connectivity index (χ1v) is 11.7. The van der Waals surface area contributed by atoms with Gasteiger partial charge in [-0.1, -0.05) is 6.92 Å². The van der Waals surface area contributed by atoms with Gasteiger partial charge in [0.2, 0.25) is 5.91 Å². The molecular formula is C20H37N3OS. The van der Waals surface area contributed by atoms with Crippen LogP contribution in [0.4, 0.5) is 0 Å². The zero-order chi connectivity index (χ0) is 17.5. The van der Waals surface area contributed by atoms with Crippen molar-refractivity contribution in [3.8, 4) is 0 Å². The predicted octanol–water partition coefficient (Wildman–Crippen LogP) is 2.97. The second-order valence-corrected chi connectivity index (χ2v) is 9.32. The summed E-state index contributed by atoms with van der Waals surface area (Å²) in [6, 6.07) is 1.42. The van der Waals surface area contributed by atoms with Crippen molar-refractivity contribution in [2.45, 2.75) is 70.4 Å². The lowest BCUT2D eigenvalue weighted by Gasteiger charge is -2.39. The maximum absolute atomic E-state index is 12.2. The number of carbonyl (C=O) groups excluding carboxylic acids is 1. The number of likely N-dealkylation sites (tertiary alicyclic amines) is 2. The van der Waals surface area contributed by atoms with Gasteiger partial charge in [0, 0.05) is 25.0 Å². The van der Waals surface area contributed by atoms with Crippen LogP contribution in [0.1, 0.15) is 58.3 Å². The monoisotopic (exact) mass is 367 g/mol. The zero-order valence-corrected chi connectivity index (χ0v) is 16.9. The Hall–Kier alpha value is -0.260. The average Bonchev–Trinajstić information content (AvgIpc) is 3.13. The number of likely N-dealkylation sites (N-methyl/N-ethyl adjacent to an activating group) is 1. The summed E-state index contributed by atoms with van der Waals surface area (Å²) < 4.78 is 0. The maximum Gasteiger partial charge on any atom is 0.220 e. The van der Waals surface area contributed by atoms with E-state index in [1.54, 1.807) is 0 Å². The molecule has 1 amide bonds. The van der Waals surface area contributed by atoms with Gasteiger partial charge in [0.1, 0.15) is 0 Å². The van der Waals surface area contributed by atoms with Gasteiger partial charge >= 0.3 is 0 Å². The van der Waals surface area contributed by atoms with Crippen molar-refractivity contribution in [3.05, 3.63) is 0 Å². The molecule has 1 atom stereocenters.